The Morgan fingerprint density at radius 2 is 1.66 bits per heavy atom. The molecule has 0 radical (unpaired) electrons. The van der Waals surface area contributed by atoms with E-state index in [0.29, 0.717) is 27.5 Å². The van der Waals surface area contributed by atoms with E-state index in [1.54, 1.807) is 59.3 Å². The second-order valence-corrected chi connectivity index (χ2v) is 10.2. The predicted octanol–water partition coefficient (Wildman–Crippen LogP) is 5.61. The third-order valence-electron chi connectivity index (χ3n) is 7.24. The van der Waals surface area contributed by atoms with Gasteiger partial charge in [0.15, 0.2) is 12.3 Å². The van der Waals surface area contributed by atoms with E-state index in [2.05, 4.69) is 16.5 Å². The molecule has 0 amide bonds. The molecule has 3 heterocycles. The number of carbonyl (C=O) groups excluding carboxylic acids is 1. The highest BCUT2D eigenvalue weighted by molar-refractivity contribution is 6.30. The highest BCUT2D eigenvalue weighted by atomic mass is 35.5. The summed E-state index contributed by atoms with van der Waals surface area (Å²) < 4.78 is 13.8. The molecular weight excluding hydrogens is 542 g/mol. The van der Waals surface area contributed by atoms with Crippen LogP contribution in [0.1, 0.15) is 33.9 Å². The summed E-state index contributed by atoms with van der Waals surface area (Å²) in [6.07, 6.45) is -1.16. The molecule has 6 rings (SSSR count). The van der Waals surface area contributed by atoms with Crippen molar-refractivity contribution in [3.63, 3.8) is 0 Å². The largest absolute Gasteiger partial charge is 0.451 e. The molecule has 2 aromatic heterocycles. The molecule has 1 aliphatic heterocycles. The third kappa shape index (κ3) is 5.14. The van der Waals surface area contributed by atoms with Crippen LogP contribution in [0.2, 0.25) is 5.02 Å². The van der Waals surface area contributed by atoms with Crippen LogP contribution in [0.25, 0.3) is 28.2 Å². The Balaban J connectivity index is 1.30. The molecule has 0 spiro atoms. The maximum atomic E-state index is 13.4. The SMILES string of the molecule is C=Cc1ncnc2c1ccn2[C@@H]1O[C@H](C(OC(=O)c2ccc(-c3ccccc3)cc2)c2ccc(Cl)cc2)[C@@H](O)[C@H]1O. The second kappa shape index (κ2) is 11.3. The van der Waals surface area contributed by atoms with E-state index in [0.717, 1.165) is 16.5 Å². The Bertz CT molecular complexity index is 1690. The number of aliphatic hydroxyl groups is 2. The smallest absolute Gasteiger partial charge is 0.338 e. The first-order chi connectivity index (χ1) is 19.9. The number of halogens is 1. The molecule has 1 saturated heterocycles. The van der Waals surface area contributed by atoms with Gasteiger partial charge in [-0.05, 0) is 53.1 Å². The number of carbonyl (C=O) groups is 1. The lowest BCUT2D eigenvalue weighted by Gasteiger charge is -2.26. The molecule has 206 valence electrons. The van der Waals surface area contributed by atoms with Crippen molar-refractivity contribution in [3.05, 3.63) is 126 Å². The Kier molecular flexibility index (Phi) is 7.38. The molecule has 0 bridgehead atoms. The van der Waals surface area contributed by atoms with Gasteiger partial charge in [-0.2, -0.15) is 0 Å². The number of benzene rings is 3. The zero-order chi connectivity index (χ0) is 28.5. The maximum Gasteiger partial charge on any atom is 0.338 e. The van der Waals surface area contributed by atoms with E-state index in [4.69, 9.17) is 21.1 Å². The topological polar surface area (TPSA) is 107 Å². The van der Waals surface area contributed by atoms with E-state index in [1.165, 1.54) is 6.33 Å². The van der Waals surface area contributed by atoms with Crippen LogP contribution in [0.4, 0.5) is 0 Å². The molecule has 5 aromatic rings. The summed E-state index contributed by atoms with van der Waals surface area (Å²) in [5.74, 6) is -0.604. The minimum atomic E-state index is -1.38. The minimum Gasteiger partial charge on any atom is -0.451 e. The molecule has 5 atom stereocenters. The first kappa shape index (κ1) is 26.9. The van der Waals surface area contributed by atoms with Crippen molar-refractivity contribution in [3.8, 4) is 11.1 Å². The first-order valence-electron chi connectivity index (χ1n) is 13.0. The summed E-state index contributed by atoms with van der Waals surface area (Å²) in [6.45, 7) is 3.78. The van der Waals surface area contributed by atoms with Crippen LogP contribution in [-0.4, -0.2) is 49.0 Å². The van der Waals surface area contributed by atoms with E-state index < -0.39 is 36.6 Å². The number of aromatic nitrogens is 3. The van der Waals surface area contributed by atoms with Crippen LogP contribution in [0.15, 0.2) is 104 Å². The average molecular weight is 568 g/mol. The summed E-state index contributed by atoms with van der Waals surface area (Å²) in [5.41, 5.74) is 4.00. The standard InChI is InChI=1S/C32H26ClN3O5/c1-2-25-24-16-17-36(30(24)35-18-34-25)31-27(38)26(37)29(40-31)28(21-12-14-23(33)15-13-21)41-32(39)22-10-8-20(9-11-22)19-6-4-3-5-7-19/h2-18,26-29,31,37-38H,1H2/t26-,27+,28?,29-,31+/m0/s1. The number of hydrogen-bond acceptors (Lipinski definition) is 7. The monoisotopic (exact) mass is 567 g/mol. The summed E-state index contributed by atoms with van der Waals surface area (Å²) >= 11 is 6.11. The summed E-state index contributed by atoms with van der Waals surface area (Å²) in [5, 5.41) is 23.5. The summed E-state index contributed by atoms with van der Waals surface area (Å²) in [6, 6.07) is 25.4. The van der Waals surface area contributed by atoms with Crippen LogP contribution in [0, 0.1) is 0 Å². The van der Waals surface area contributed by atoms with Crippen molar-refractivity contribution < 1.29 is 24.5 Å². The van der Waals surface area contributed by atoms with E-state index in [9.17, 15) is 15.0 Å². The van der Waals surface area contributed by atoms with E-state index >= 15 is 0 Å². The van der Waals surface area contributed by atoms with Crippen molar-refractivity contribution in [2.75, 3.05) is 0 Å². The van der Waals surface area contributed by atoms with E-state index in [-0.39, 0.29) is 0 Å². The maximum absolute atomic E-state index is 13.4. The van der Waals surface area contributed by atoms with Gasteiger partial charge in [0.05, 0.1) is 11.3 Å². The zero-order valence-electron chi connectivity index (χ0n) is 21.7. The van der Waals surface area contributed by atoms with Crippen LogP contribution in [0.3, 0.4) is 0 Å². The lowest BCUT2D eigenvalue weighted by atomic mass is 9.98. The molecule has 0 saturated carbocycles. The molecule has 8 nitrogen and oxygen atoms in total. The van der Waals surface area contributed by atoms with Crippen molar-refractivity contribution >= 4 is 34.7 Å². The highest BCUT2D eigenvalue weighted by Gasteiger charge is 2.49. The van der Waals surface area contributed by atoms with Crippen molar-refractivity contribution in [1.82, 2.24) is 14.5 Å². The Hall–Kier alpha value is -4.34. The summed E-state index contributed by atoms with van der Waals surface area (Å²) in [4.78, 5) is 21.9. The van der Waals surface area contributed by atoms with Gasteiger partial charge in [0.2, 0.25) is 0 Å². The molecule has 1 aliphatic rings. The van der Waals surface area contributed by atoms with Gasteiger partial charge in [0.1, 0.15) is 30.3 Å². The van der Waals surface area contributed by atoms with Crippen LogP contribution < -0.4 is 0 Å². The number of hydrogen-bond donors (Lipinski definition) is 2. The van der Waals surface area contributed by atoms with Gasteiger partial charge in [0, 0.05) is 16.6 Å². The van der Waals surface area contributed by atoms with Gasteiger partial charge in [-0.15, -0.1) is 0 Å². The number of esters is 1. The molecule has 1 unspecified atom stereocenters. The van der Waals surface area contributed by atoms with Gasteiger partial charge < -0.3 is 24.3 Å². The van der Waals surface area contributed by atoms with Gasteiger partial charge in [-0.3, -0.25) is 0 Å². The minimum absolute atomic E-state index is 0.332. The molecule has 41 heavy (non-hydrogen) atoms. The van der Waals surface area contributed by atoms with Gasteiger partial charge >= 0.3 is 5.97 Å². The highest BCUT2D eigenvalue weighted by Crippen LogP contribution is 2.40. The quantitative estimate of drug-likeness (QED) is 0.246. The number of ether oxygens (including phenoxy) is 2. The second-order valence-electron chi connectivity index (χ2n) is 9.72. The number of nitrogens with zero attached hydrogens (tertiary/aromatic N) is 3. The van der Waals surface area contributed by atoms with E-state index in [1.807, 2.05) is 42.5 Å². The molecule has 1 fully saturated rings. The molecular formula is C32H26ClN3O5. The van der Waals surface area contributed by atoms with Crippen LogP contribution >= 0.6 is 11.6 Å². The predicted molar refractivity (Wildman–Crippen MR) is 155 cm³/mol. The fraction of sp³-hybridized carbons (Fsp3) is 0.156. The van der Waals surface area contributed by atoms with Crippen molar-refractivity contribution in [2.24, 2.45) is 0 Å². The van der Waals surface area contributed by atoms with Gasteiger partial charge in [-0.25, -0.2) is 14.8 Å². The first-order valence-corrected chi connectivity index (χ1v) is 13.4. The third-order valence-corrected chi connectivity index (χ3v) is 7.49. The number of fused-ring (bicyclic) bond motifs is 1. The zero-order valence-corrected chi connectivity index (χ0v) is 22.5. The molecule has 3 aromatic carbocycles. The average Bonchev–Trinajstić information content (AvgIpc) is 3.57. The number of rotatable bonds is 7. The Labute approximate surface area is 241 Å². The fourth-order valence-corrected chi connectivity index (χ4v) is 5.24. The Morgan fingerprint density at radius 1 is 0.951 bits per heavy atom. The van der Waals surface area contributed by atoms with Gasteiger partial charge in [0.25, 0.3) is 0 Å². The normalized spacial score (nSPS) is 21.0. The van der Waals surface area contributed by atoms with Crippen LogP contribution in [0.5, 0.6) is 0 Å². The Morgan fingerprint density at radius 3 is 2.37 bits per heavy atom. The molecule has 0 aliphatic carbocycles. The fourth-order valence-electron chi connectivity index (χ4n) is 5.11. The van der Waals surface area contributed by atoms with Crippen molar-refractivity contribution in [1.29, 1.82) is 0 Å². The summed E-state index contributed by atoms with van der Waals surface area (Å²) in [7, 11) is 0. The molecule has 2 N–H and O–H groups in total. The van der Waals surface area contributed by atoms with Gasteiger partial charge in [-0.1, -0.05) is 72.8 Å². The lowest BCUT2D eigenvalue weighted by Crippen LogP contribution is -2.36. The molecule has 9 heteroatoms. The number of aliphatic hydroxyl groups excluding tert-OH is 2. The lowest BCUT2D eigenvalue weighted by molar-refractivity contribution is -0.0916. The van der Waals surface area contributed by atoms with Crippen molar-refractivity contribution in [2.45, 2.75) is 30.6 Å². The van der Waals surface area contributed by atoms with Crippen LogP contribution in [-0.2, 0) is 9.47 Å².